The first-order valence-electron chi connectivity index (χ1n) is 8.05. The van der Waals surface area contributed by atoms with Crippen LogP contribution >= 0.6 is 11.3 Å². The molecule has 0 spiro atoms. The Kier molecular flexibility index (Phi) is 5.01. The number of carbonyl (C=O) groups excluding carboxylic acids is 1. The second-order valence-corrected chi connectivity index (χ2v) is 9.13. The topological polar surface area (TPSA) is 86.7 Å². The van der Waals surface area contributed by atoms with Crippen molar-refractivity contribution < 1.29 is 18.3 Å². The van der Waals surface area contributed by atoms with Crippen molar-refractivity contribution in [1.82, 2.24) is 4.90 Å². The summed E-state index contributed by atoms with van der Waals surface area (Å²) >= 11 is 1.11. The van der Waals surface area contributed by atoms with E-state index in [2.05, 4.69) is 11.6 Å². The number of hydrogen-bond acceptors (Lipinski definition) is 5. The van der Waals surface area contributed by atoms with Crippen LogP contribution in [0, 0.1) is 5.92 Å². The molecule has 1 aliphatic rings. The van der Waals surface area contributed by atoms with Gasteiger partial charge in [-0.15, -0.1) is 11.3 Å². The van der Waals surface area contributed by atoms with Crippen molar-refractivity contribution in [2.24, 2.45) is 5.92 Å². The van der Waals surface area contributed by atoms with Crippen LogP contribution in [-0.4, -0.2) is 37.4 Å². The molecule has 3 rings (SSSR count). The van der Waals surface area contributed by atoms with E-state index in [1.165, 1.54) is 24.3 Å². The molecule has 25 heavy (non-hydrogen) atoms. The standard InChI is InChI=1S/C17H20N2O4S2/c1-12-4-2-8-19(11-12)17(21)14-7-6-13(10-15(14)20)18-25(22,23)16-5-3-9-24-16/h3,5-7,9-10,12,18,20H,2,4,8,11H2,1H3. The summed E-state index contributed by atoms with van der Waals surface area (Å²) in [6, 6.07) is 7.38. The molecule has 0 saturated carbocycles. The predicted molar refractivity (Wildman–Crippen MR) is 97.5 cm³/mol. The van der Waals surface area contributed by atoms with Crippen LogP contribution in [0.25, 0.3) is 0 Å². The normalized spacial score (nSPS) is 18.1. The third-order valence-corrected chi connectivity index (χ3v) is 6.96. The second kappa shape index (κ2) is 7.05. The Bertz CT molecular complexity index is 863. The minimum absolute atomic E-state index is 0.188. The number of benzene rings is 1. The highest BCUT2D eigenvalue weighted by atomic mass is 32.2. The Morgan fingerprint density at radius 3 is 2.80 bits per heavy atom. The molecule has 1 atom stereocenters. The molecule has 0 aliphatic carbocycles. The van der Waals surface area contributed by atoms with Crippen LogP contribution in [0.2, 0.25) is 0 Å². The Balaban J connectivity index is 1.78. The van der Waals surface area contributed by atoms with Crippen molar-refractivity contribution >= 4 is 33.0 Å². The van der Waals surface area contributed by atoms with Crippen molar-refractivity contribution in [3.8, 4) is 5.75 Å². The largest absolute Gasteiger partial charge is 0.507 e. The van der Waals surface area contributed by atoms with Gasteiger partial charge in [-0.2, -0.15) is 0 Å². The lowest BCUT2D eigenvalue weighted by Gasteiger charge is -2.31. The van der Waals surface area contributed by atoms with E-state index in [0.717, 1.165) is 24.2 Å². The molecule has 1 amide bonds. The van der Waals surface area contributed by atoms with E-state index >= 15 is 0 Å². The third kappa shape index (κ3) is 3.96. The van der Waals surface area contributed by atoms with Gasteiger partial charge < -0.3 is 10.0 Å². The van der Waals surface area contributed by atoms with Gasteiger partial charge in [-0.05, 0) is 42.3 Å². The summed E-state index contributed by atoms with van der Waals surface area (Å²) in [6.45, 7) is 3.45. The molecule has 0 bridgehead atoms. The minimum atomic E-state index is -3.69. The number of nitrogens with zero attached hydrogens (tertiary/aromatic N) is 1. The average molecular weight is 380 g/mol. The Labute approximate surface area is 151 Å². The Morgan fingerprint density at radius 1 is 1.36 bits per heavy atom. The lowest BCUT2D eigenvalue weighted by atomic mass is 9.99. The summed E-state index contributed by atoms with van der Waals surface area (Å²) in [5.74, 6) is -0.0111. The molecular weight excluding hydrogens is 360 g/mol. The number of rotatable bonds is 4. The molecule has 1 fully saturated rings. The number of hydrogen-bond donors (Lipinski definition) is 2. The van der Waals surface area contributed by atoms with Gasteiger partial charge in [0.25, 0.3) is 15.9 Å². The van der Waals surface area contributed by atoms with Crippen molar-refractivity contribution in [2.45, 2.75) is 24.0 Å². The zero-order valence-electron chi connectivity index (χ0n) is 13.8. The molecule has 1 aromatic carbocycles. The van der Waals surface area contributed by atoms with Crippen LogP contribution in [0.1, 0.15) is 30.1 Å². The smallest absolute Gasteiger partial charge is 0.271 e. The summed E-state index contributed by atoms with van der Waals surface area (Å²) in [6.07, 6.45) is 2.05. The number of aromatic hydroxyl groups is 1. The van der Waals surface area contributed by atoms with Crippen molar-refractivity contribution in [3.05, 3.63) is 41.3 Å². The molecule has 2 N–H and O–H groups in total. The number of nitrogens with one attached hydrogen (secondary N) is 1. The van der Waals surface area contributed by atoms with E-state index in [9.17, 15) is 18.3 Å². The summed E-state index contributed by atoms with van der Waals surface area (Å²) in [5, 5.41) is 11.9. The van der Waals surface area contributed by atoms with Crippen LogP contribution in [0.4, 0.5) is 5.69 Å². The predicted octanol–water partition coefficient (Wildman–Crippen LogP) is 3.13. The van der Waals surface area contributed by atoms with Gasteiger partial charge in [0.15, 0.2) is 0 Å². The monoisotopic (exact) mass is 380 g/mol. The van der Waals surface area contributed by atoms with Gasteiger partial charge in [0.1, 0.15) is 9.96 Å². The van der Waals surface area contributed by atoms with Gasteiger partial charge in [-0.1, -0.05) is 13.0 Å². The van der Waals surface area contributed by atoms with Crippen LogP contribution in [0.5, 0.6) is 5.75 Å². The maximum Gasteiger partial charge on any atom is 0.271 e. The summed E-state index contributed by atoms with van der Waals surface area (Å²) in [7, 11) is -3.69. The summed E-state index contributed by atoms with van der Waals surface area (Å²) < 4.78 is 27.0. The molecule has 2 heterocycles. The number of sulfonamides is 1. The van der Waals surface area contributed by atoms with Gasteiger partial charge >= 0.3 is 0 Å². The molecular formula is C17H20N2O4S2. The molecule has 134 valence electrons. The number of anilines is 1. The first kappa shape index (κ1) is 17.8. The van der Waals surface area contributed by atoms with E-state index in [1.807, 2.05) is 0 Å². The second-order valence-electron chi connectivity index (χ2n) is 6.27. The fraction of sp³-hybridized carbons (Fsp3) is 0.353. The lowest BCUT2D eigenvalue weighted by Crippen LogP contribution is -2.39. The quantitative estimate of drug-likeness (QED) is 0.853. The van der Waals surface area contributed by atoms with Crippen LogP contribution in [-0.2, 0) is 10.0 Å². The number of likely N-dealkylation sites (tertiary alicyclic amines) is 1. The Hall–Kier alpha value is -2.06. The maximum absolute atomic E-state index is 12.6. The lowest BCUT2D eigenvalue weighted by molar-refractivity contribution is 0.0680. The van der Waals surface area contributed by atoms with E-state index in [1.54, 1.807) is 16.3 Å². The minimum Gasteiger partial charge on any atom is -0.507 e. The molecule has 8 heteroatoms. The zero-order valence-corrected chi connectivity index (χ0v) is 15.4. The van der Waals surface area contributed by atoms with E-state index in [-0.39, 0.29) is 27.1 Å². The number of amides is 1. The Morgan fingerprint density at radius 2 is 2.16 bits per heavy atom. The maximum atomic E-state index is 12.6. The molecule has 1 saturated heterocycles. The number of phenols is 1. The first-order valence-corrected chi connectivity index (χ1v) is 10.4. The number of thiophene rings is 1. The van der Waals surface area contributed by atoms with Gasteiger partial charge in [0, 0.05) is 19.2 Å². The average Bonchev–Trinajstić information content (AvgIpc) is 3.09. The molecule has 1 aromatic heterocycles. The highest BCUT2D eigenvalue weighted by Gasteiger charge is 2.24. The summed E-state index contributed by atoms with van der Waals surface area (Å²) in [4.78, 5) is 14.3. The van der Waals surface area contributed by atoms with Crippen molar-refractivity contribution in [3.63, 3.8) is 0 Å². The molecule has 1 aliphatic heterocycles. The zero-order chi connectivity index (χ0) is 18.0. The fourth-order valence-electron chi connectivity index (χ4n) is 2.94. The van der Waals surface area contributed by atoms with E-state index in [0.29, 0.717) is 19.0 Å². The number of piperidine rings is 1. The van der Waals surface area contributed by atoms with Gasteiger partial charge in [-0.3, -0.25) is 9.52 Å². The molecule has 2 aromatic rings. The fourth-order valence-corrected chi connectivity index (χ4v) is 4.98. The van der Waals surface area contributed by atoms with Crippen LogP contribution < -0.4 is 4.72 Å². The number of carbonyl (C=O) groups is 1. The highest BCUT2D eigenvalue weighted by Crippen LogP contribution is 2.27. The van der Waals surface area contributed by atoms with Crippen molar-refractivity contribution in [1.29, 1.82) is 0 Å². The molecule has 6 nitrogen and oxygen atoms in total. The van der Waals surface area contributed by atoms with Gasteiger partial charge in [0.2, 0.25) is 0 Å². The first-order chi connectivity index (χ1) is 11.9. The summed E-state index contributed by atoms with van der Waals surface area (Å²) in [5.41, 5.74) is 0.405. The highest BCUT2D eigenvalue weighted by molar-refractivity contribution is 7.94. The van der Waals surface area contributed by atoms with Crippen molar-refractivity contribution in [2.75, 3.05) is 17.8 Å². The van der Waals surface area contributed by atoms with Gasteiger partial charge in [0.05, 0.1) is 11.3 Å². The van der Waals surface area contributed by atoms with Crippen LogP contribution in [0.3, 0.4) is 0 Å². The van der Waals surface area contributed by atoms with Crippen LogP contribution in [0.15, 0.2) is 39.9 Å². The molecule has 0 radical (unpaired) electrons. The van der Waals surface area contributed by atoms with E-state index < -0.39 is 10.0 Å². The third-order valence-electron chi connectivity index (χ3n) is 4.18. The van der Waals surface area contributed by atoms with E-state index in [4.69, 9.17) is 0 Å². The molecule has 1 unspecified atom stereocenters. The SMILES string of the molecule is CC1CCCN(C(=O)c2ccc(NS(=O)(=O)c3cccs3)cc2O)C1. The van der Waals surface area contributed by atoms with Gasteiger partial charge in [-0.25, -0.2) is 8.42 Å². The number of phenolic OH excluding ortho intramolecular Hbond substituents is 1.